The average Bonchev–Trinajstić information content (AvgIpc) is 2.74. The SMILES string of the molecule is CN(C)c1cc(N)c(C(=N)c2cnn(C)c2)cn1. The number of hydrogen-bond donors (Lipinski definition) is 2. The molecule has 6 nitrogen and oxygen atoms in total. The summed E-state index contributed by atoms with van der Waals surface area (Å²) in [7, 11) is 5.61. The van der Waals surface area contributed by atoms with Crippen LogP contribution in [-0.4, -0.2) is 34.6 Å². The fourth-order valence-electron chi connectivity index (χ4n) is 1.62. The van der Waals surface area contributed by atoms with Crippen LogP contribution in [0.3, 0.4) is 0 Å². The third-order valence-electron chi connectivity index (χ3n) is 2.64. The number of nitrogens with two attached hydrogens (primary N) is 1. The normalized spacial score (nSPS) is 10.4. The summed E-state index contributed by atoms with van der Waals surface area (Å²) in [5, 5.41) is 12.2. The lowest BCUT2D eigenvalue weighted by molar-refractivity contribution is 0.767. The first-order chi connectivity index (χ1) is 8.49. The maximum Gasteiger partial charge on any atom is 0.130 e. The summed E-state index contributed by atoms with van der Waals surface area (Å²) in [6, 6.07) is 1.76. The summed E-state index contributed by atoms with van der Waals surface area (Å²) < 4.78 is 1.65. The summed E-state index contributed by atoms with van der Waals surface area (Å²) in [4.78, 5) is 6.14. The predicted molar refractivity (Wildman–Crippen MR) is 72.1 cm³/mol. The van der Waals surface area contributed by atoms with Crippen molar-refractivity contribution in [3.05, 3.63) is 35.8 Å². The zero-order valence-corrected chi connectivity index (χ0v) is 10.7. The van der Waals surface area contributed by atoms with Gasteiger partial charge in [-0.05, 0) is 0 Å². The number of aromatic nitrogens is 3. The first-order valence-corrected chi connectivity index (χ1v) is 5.50. The topological polar surface area (TPSA) is 83.8 Å². The Morgan fingerprint density at radius 3 is 2.61 bits per heavy atom. The highest BCUT2D eigenvalue weighted by Gasteiger charge is 2.12. The third-order valence-corrected chi connectivity index (χ3v) is 2.64. The van der Waals surface area contributed by atoms with Crippen LogP contribution < -0.4 is 10.6 Å². The number of rotatable bonds is 3. The van der Waals surface area contributed by atoms with Crippen molar-refractivity contribution in [1.29, 1.82) is 5.41 Å². The number of nitrogen functional groups attached to an aromatic ring is 1. The van der Waals surface area contributed by atoms with Crippen molar-refractivity contribution in [1.82, 2.24) is 14.8 Å². The second-order valence-electron chi connectivity index (χ2n) is 4.30. The van der Waals surface area contributed by atoms with Gasteiger partial charge in [0.25, 0.3) is 0 Å². The van der Waals surface area contributed by atoms with Crippen molar-refractivity contribution in [3.8, 4) is 0 Å². The van der Waals surface area contributed by atoms with Gasteiger partial charge in [0.1, 0.15) is 5.82 Å². The lowest BCUT2D eigenvalue weighted by atomic mass is 10.1. The zero-order valence-electron chi connectivity index (χ0n) is 10.7. The molecule has 0 aliphatic heterocycles. The second kappa shape index (κ2) is 4.48. The van der Waals surface area contributed by atoms with E-state index in [-0.39, 0.29) is 0 Å². The Balaban J connectivity index is 2.37. The van der Waals surface area contributed by atoms with Crippen LogP contribution in [0.5, 0.6) is 0 Å². The Hall–Kier alpha value is -2.37. The Morgan fingerprint density at radius 1 is 1.39 bits per heavy atom. The summed E-state index contributed by atoms with van der Waals surface area (Å²) in [5.41, 5.74) is 8.19. The molecule has 0 saturated heterocycles. The van der Waals surface area contributed by atoms with Gasteiger partial charge in [0, 0.05) is 56.4 Å². The Kier molecular flexibility index (Phi) is 3.01. The summed E-state index contributed by atoms with van der Waals surface area (Å²) >= 11 is 0. The van der Waals surface area contributed by atoms with Crippen LogP contribution in [0.1, 0.15) is 11.1 Å². The maximum atomic E-state index is 8.12. The Morgan fingerprint density at radius 2 is 2.11 bits per heavy atom. The van der Waals surface area contributed by atoms with Gasteiger partial charge < -0.3 is 10.6 Å². The molecule has 18 heavy (non-hydrogen) atoms. The molecule has 94 valence electrons. The van der Waals surface area contributed by atoms with Crippen LogP contribution in [0, 0.1) is 5.41 Å². The quantitative estimate of drug-likeness (QED) is 0.785. The summed E-state index contributed by atoms with van der Waals surface area (Å²) in [6.07, 6.45) is 5.04. The van der Waals surface area contributed by atoms with E-state index in [0.717, 1.165) is 11.4 Å². The average molecular weight is 244 g/mol. The van der Waals surface area contributed by atoms with Gasteiger partial charge in [0.15, 0.2) is 0 Å². The lowest BCUT2D eigenvalue weighted by Gasteiger charge is -2.13. The minimum Gasteiger partial charge on any atom is -0.398 e. The minimum absolute atomic E-state index is 0.332. The number of pyridine rings is 1. The van der Waals surface area contributed by atoms with E-state index < -0.39 is 0 Å². The van der Waals surface area contributed by atoms with Gasteiger partial charge in [0.05, 0.1) is 11.9 Å². The first kappa shape index (κ1) is 12.1. The van der Waals surface area contributed by atoms with Crippen LogP contribution in [0.25, 0.3) is 0 Å². The first-order valence-electron chi connectivity index (χ1n) is 5.50. The molecule has 0 atom stereocenters. The van der Waals surface area contributed by atoms with Crippen molar-refractivity contribution in [2.24, 2.45) is 7.05 Å². The van der Waals surface area contributed by atoms with Gasteiger partial charge in [-0.1, -0.05) is 0 Å². The molecule has 3 N–H and O–H groups in total. The number of aryl methyl sites for hydroxylation is 1. The predicted octanol–water partition coefficient (Wildman–Crippen LogP) is 0.879. The summed E-state index contributed by atoms with van der Waals surface area (Å²) in [5.74, 6) is 0.773. The van der Waals surface area contributed by atoms with E-state index in [4.69, 9.17) is 11.1 Å². The Labute approximate surface area is 106 Å². The van der Waals surface area contributed by atoms with Crippen LogP contribution in [-0.2, 0) is 7.05 Å². The van der Waals surface area contributed by atoms with Crippen molar-refractivity contribution in [3.63, 3.8) is 0 Å². The fraction of sp³-hybridized carbons (Fsp3) is 0.250. The highest BCUT2D eigenvalue weighted by molar-refractivity contribution is 6.13. The van der Waals surface area contributed by atoms with Crippen LogP contribution >= 0.6 is 0 Å². The van der Waals surface area contributed by atoms with E-state index in [1.54, 1.807) is 29.3 Å². The molecule has 0 aliphatic carbocycles. The molecule has 0 aromatic carbocycles. The Bertz CT molecular complexity index is 584. The van der Waals surface area contributed by atoms with Gasteiger partial charge in [-0.3, -0.25) is 10.1 Å². The molecule has 6 heteroatoms. The highest BCUT2D eigenvalue weighted by atomic mass is 15.2. The van der Waals surface area contributed by atoms with E-state index >= 15 is 0 Å². The molecule has 0 fully saturated rings. The molecule has 2 aromatic rings. The maximum absolute atomic E-state index is 8.12. The monoisotopic (exact) mass is 244 g/mol. The zero-order chi connectivity index (χ0) is 13.3. The van der Waals surface area contributed by atoms with Crippen molar-refractivity contribution in [2.45, 2.75) is 0 Å². The van der Waals surface area contributed by atoms with E-state index in [1.165, 1.54) is 0 Å². The third kappa shape index (κ3) is 2.17. The van der Waals surface area contributed by atoms with Crippen LogP contribution in [0.15, 0.2) is 24.7 Å². The number of nitrogens with zero attached hydrogens (tertiary/aromatic N) is 4. The van der Waals surface area contributed by atoms with Crippen molar-refractivity contribution >= 4 is 17.2 Å². The van der Waals surface area contributed by atoms with Gasteiger partial charge in [-0.25, -0.2) is 4.98 Å². The number of hydrogen-bond acceptors (Lipinski definition) is 5. The standard InChI is InChI=1S/C12H16N6/c1-17(2)11-4-10(13)9(6-15-11)12(14)8-5-16-18(3)7-8/h4-7,14H,1-3H3,(H2,13,15). The highest BCUT2D eigenvalue weighted by Crippen LogP contribution is 2.19. The molecule has 0 spiro atoms. The summed E-state index contributed by atoms with van der Waals surface area (Å²) in [6.45, 7) is 0. The smallest absolute Gasteiger partial charge is 0.130 e. The van der Waals surface area contributed by atoms with E-state index in [1.807, 2.05) is 26.0 Å². The van der Waals surface area contributed by atoms with E-state index in [2.05, 4.69) is 10.1 Å². The lowest BCUT2D eigenvalue weighted by Crippen LogP contribution is -2.13. The molecular formula is C12H16N6. The van der Waals surface area contributed by atoms with Gasteiger partial charge in [-0.2, -0.15) is 5.10 Å². The van der Waals surface area contributed by atoms with Crippen LogP contribution in [0.2, 0.25) is 0 Å². The van der Waals surface area contributed by atoms with E-state index in [0.29, 0.717) is 17.0 Å². The number of anilines is 2. The molecular weight excluding hydrogens is 228 g/mol. The van der Waals surface area contributed by atoms with E-state index in [9.17, 15) is 0 Å². The molecule has 2 aromatic heterocycles. The van der Waals surface area contributed by atoms with Crippen molar-refractivity contribution < 1.29 is 0 Å². The van der Waals surface area contributed by atoms with Crippen LogP contribution in [0.4, 0.5) is 11.5 Å². The minimum atomic E-state index is 0.332. The van der Waals surface area contributed by atoms with Gasteiger partial charge in [-0.15, -0.1) is 0 Å². The molecule has 0 bridgehead atoms. The molecule has 0 amide bonds. The molecule has 0 unspecified atom stereocenters. The van der Waals surface area contributed by atoms with Crippen molar-refractivity contribution in [2.75, 3.05) is 24.7 Å². The largest absolute Gasteiger partial charge is 0.398 e. The molecule has 0 aliphatic rings. The van der Waals surface area contributed by atoms with Gasteiger partial charge >= 0.3 is 0 Å². The molecule has 2 heterocycles. The van der Waals surface area contributed by atoms with Gasteiger partial charge in [0.2, 0.25) is 0 Å². The molecule has 0 radical (unpaired) electrons. The molecule has 0 saturated carbocycles. The fourth-order valence-corrected chi connectivity index (χ4v) is 1.62. The number of nitrogens with one attached hydrogen (secondary N) is 1. The molecule has 2 rings (SSSR count). The second-order valence-corrected chi connectivity index (χ2v) is 4.30.